The molecule has 3 aromatic rings. The van der Waals surface area contributed by atoms with Crippen molar-refractivity contribution in [2.45, 2.75) is 13.8 Å². The molecule has 0 heterocycles. The van der Waals surface area contributed by atoms with Crippen molar-refractivity contribution in [3.63, 3.8) is 0 Å². The summed E-state index contributed by atoms with van der Waals surface area (Å²) in [5.74, 6) is -0.404. The number of nitrogens with one attached hydrogen (secondary N) is 2. The van der Waals surface area contributed by atoms with Crippen molar-refractivity contribution in [2.75, 3.05) is 16.8 Å². The van der Waals surface area contributed by atoms with Crippen LogP contribution >= 0.6 is 12.2 Å². The maximum atomic E-state index is 12.9. The first-order chi connectivity index (χ1) is 15.5. The minimum Gasteiger partial charge on any atom is -0.332 e. The first-order valence-electron chi connectivity index (χ1n) is 10.3. The van der Waals surface area contributed by atoms with Crippen LogP contribution in [0.15, 0.2) is 84.9 Å². The van der Waals surface area contributed by atoms with Crippen LogP contribution in [0.4, 0.5) is 11.4 Å². The van der Waals surface area contributed by atoms with E-state index < -0.39 is 0 Å². The van der Waals surface area contributed by atoms with Crippen LogP contribution in [-0.2, 0) is 4.79 Å². The van der Waals surface area contributed by atoms with Gasteiger partial charge < -0.3 is 10.2 Å². The Morgan fingerprint density at radius 1 is 0.938 bits per heavy atom. The minimum atomic E-state index is -0.323. The van der Waals surface area contributed by atoms with Gasteiger partial charge >= 0.3 is 0 Å². The fraction of sp³-hybridized carbons (Fsp3) is 0.115. The standard InChI is InChI=1S/C26H25N3O2S/c1-3-29(23-7-5-4-6-8-23)25(31)21-14-16-22(17-15-21)27-26(32)28-24(30)18-13-20-11-9-19(2)10-12-20/h4-18H,3H2,1-2H3,(H2,27,28,30,32)/b18-13+. The van der Waals surface area contributed by atoms with Crippen LogP contribution in [0.3, 0.4) is 0 Å². The molecule has 0 aliphatic rings. The zero-order valence-corrected chi connectivity index (χ0v) is 18.9. The third kappa shape index (κ3) is 6.36. The minimum absolute atomic E-state index is 0.0811. The molecule has 0 aliphatic carbocycles. The highest BCUT2D eigenvalue weighted by atomic mass is 32.1. The number of amides is 2. The van der Waals surface area contributed by atoms with Crippen molar-refractivity contribution < 1.29 is 9.59 Å². The molecule has 3 aromatic carbocycles. The van der Waals surface area contributed by atoms with E-state index in [1.165, 1.54) is 6.08 Å². The van der Waals surface area contributed by atoms with Gasteiger partial charge in [-0.3, -0.25) is 14.9 Å². The van der Waals surface area contributed by atoms with E-state index in [0.29, 0.717) is 17.8 Å². The molecule has 6 heteroatoms. The van der Waals surface area contributed by atoms with Gasteiger partial charge in [0, 0.05) is 29.6 Å². The summed E-state index contributed by atoms with van der Waals surface area (Å²) in [6, 6.07) is 24.4. The Labute approximate surface area is 193 Å². The van der Waals surface area contributed by atoms with E-state index in [2.05, 4.69) is 10.6 Å². The maximum absolute atomic E-state index is 12.9. The monoisotopic (exact) mass is 443 g/mol. The average molecular weight is 444 g/mol. The predicted molar refractivity (Wildman–Crippen MR) is 135 cm³/mol. The van der Waals surface area contributed by atoms with Crippen molar-refractivity contribution >= 4 is 46.6 Å². The van der Waals surface area contributed by atoms with Crippen LogP contribution in [0.25, 0.3) is 6.08 Å². The van der Waals surface area contributed by atoms with Crippen LogP contribution in [0.5, 0.6) is 0 Å². The fourth-order valence-electron chi connectivity index (χ4n) is 3.07. The van der Waals surface area contributed by atoms with Gasteiger partial charge in [0.2, 0.25) is 5.91 Å². The molecule has 0 radical (unpaired) electrons. The summed E-state index contributed by atoms with van der Waals surface area (Å²) in [7, 11) is 0. The normalized spacial score (nSPS) is 10.6. The number of carbonyl (C=O) groups excluding carboxylic acids is 2. The maximum Gasteiger partial charge on any atom is 0.258 e. The van der Waals surface area contributed by atoms with E-state index in [0.717, 1.165) is 16.8 Å². The molecule has 5 nitrogen and oxygen atoms in total. The highest BCUT2D eigenvalue weighted by Crippen LogP contribution is 2.18. The second-order valence-corrected chi connectivity index (χ2v) is 7.56. The van der Waals surface area contributed by atoms with Gasteiger partial charge in [0.05, 0.1) is 0 Å². The average Bonchev–Trinajstić information content (AvgIpc) is 2.80. The molecule has 2 amide bonds. The molecule has 0 saturated carbocycles. The molecule has 0 bridgehead atoms. The lowest BCUT2D eigenvalue weighted by molar-refractivity contribution is -0.115. The lowest BCUT2D eigenvalue weighted by atomic mass is 10.1. The molecule has 162 valence electrons. The molecule has 0 aliphatic heterocycles. The van der Waals surface area contributed by atoms with Gasteiger partial charge in [0.1, 0.15) is 0 Å². The Kier molecular flexibility index (Phi) is 7.89. The number of para-hydroxylation sites is 1. The third-order valence-electron chi connectivity index (χ3n) is 4.76. The number of thiocarbonyl (C=S) groups is 1. The molecule has 32 heavy (non-hydrogen) atoms. The topological polar surface area (TPSA) is 61.4 Å². The predicted octanol–water partition coefficient (Wildman–Crippen LogP) is 5.19. The Bertz CT molecular complexity index is 1110. The lowest BCUT2D eigenvalue weighted by Gasteiger charge is -2.21. The quantitative estimate of drug-likeness (QED) is 0.407. The summed E-state index contributed by atoms with van der Waals surface area (Å²) in [4.78, 5) is 26.7. The summed E-state index contributed by atoms with van der Waals surface area (Å²) < 4.78 is 0. The van der Waals surface area contributed by atoms with E-state index in [4.69, 9.17) is 12.2 Å². The number of hydrogen-bond donors (Lipinski definition) is 2. The Morgan fingerprint density at radius 3 is 2.22 bits per heavy atom. The Hall–Kier alpha value is -3.77. The lowest BCUT2D eigenvalue weighted by Crippen LogP contribution is -2.33. The van der Waals surface area contributed by atoms with Crippen molar-refractivity contribution in [1.29, 1.82) is 0 Å². The van der Waals surface area contributed by atoms with E-state index in [1.807, 2.05) is 68.4 Å². The van der Waals surface area contributed by atoms with Gasteiger partial charge in [-0.2, -0.15) is 0 Å². The number of hydrogen-bond acceptors (Lipinski definition) is 3. The van der Waals surface area contributed by atoms with Crippen LogP contribution in [0.2, 0.25) is 0 Å². The summed E-state index contributed by atoms with van der Waals surface area (Å²) in [6.07, 6.45) is 3.16. The van der Waals surface area contributed by atoms with Crippen molar-refractivity contribution in [2.24, 2.45) is 0 Å². The first-order valence-corrected chi connectivity index (χ1v) is 10.7. The molecule has 2 N–H and O–H groups in total. The van der Waals surface area contributed by atoms with Crippen LogP contribution in [0.1, 0.15) is 28.4 Å². The number of benzene rings is 3. The summed E-state index contributed by atoms with van der Waals surface area (Å²) in [6.45, 7) is 4.51. The van der Waals surface area contributed by atoms with Gasteiger partial charge in [-0.15, -0.1) is 0 Å². The molecule has 0 atom stereocenters. The molecule has 3 rings (SSSR count). The molecular weight excluding hydrogens is 418 g/mol. The van der Waals surface area contributed by atoms with Crippen molar-refractivity contribution in [1.82, 2.24) is 5.32 Å². The van der Waals surface area contributed by atoms with Gasteiger partial charge in [-0.05, 0) is 74.1 Å². The van der Waals surface area contributed by atoms with Gasteiger partial charge in [-0.1, -0.05) is 48.0 Å². The zero-order chi connectivity index (χ0) is 22.9. The smallest absolute Gasteiger partial charge is 0.258 e. The second-order valence-electron chi connectivity index (χ2n) is 7.15. The number of rotatable bonds is 6. The molecule has 0 spiro atoms. The van der Waals surface area contributed by atoms with E-state index in [1.54, 1.807) is 35.2 Å². The molecule has 0 saturated heterocycles. The SMILES string of the molecule is CCN(C(=O)c1ccc(NC(=S)NC(=O)/C=C/c2ccc(C)cc2)cc1)c1ccccc1. The Morgan fingerprint density at radius 2 is 1.59 bits per heavy atom. The molecule has 0 unspecified atom stereocenters. The van der Waals surface area contributed by atoms with Gasteiger partial charge in [0.15, 0.2) is 5.11 Å². The summed E-state index contributed by atoms with van der Waals surface area (Å²) >= 11 is 5.22. The highest BCUT2D eigenvalue weighted by molar-refractivity contribution is 7.80. The van der Waals surface area contributed by atoms with Crippen LogP contribution in [0, 0.1) is 6.92 Å². The zero-order valence-electron chi connectivity index (χ0n) is 18.0. The largest absolute Gasteiger partial charge is 0.332 e. The van der Waals surface area contributed by atoms with Gasteiger partial charge in [0.25, 0.3) is 5.91 Å². The first kappa shape index (κ1) is 22.9. The highest BCUT2D eigenvalue weighted by Gasteiger charge is 2.15. The number of aryl methyl sites for hydroxylation is 1. The molecular formula is C26H25N3O2S. The van der Waals surface area contributed by atoms with E-state index >= 15 is 0 Å². The number of carbonyl (C=O) groups is 2. The summed E-state index contributed by atoms with van der Waals surface area (Å²) in [5.41, 5.74) is 4.19. The second kappa shape index (κ2) is 11.0. The summed E-state index contributed by atoms with van der Waals surface area (Å²) in [5, 5.41) is 5.76. The number of anilines is 2. The van der Waals surface area contributed by atoms with Gasteiger partial charge in [-0.25, -0.2) is 0 Å². The molecule has 0 aromatic heterocycles. The Balaban J connectivity index is 1.56. The molecule has 0 fully saturated rings. The van der Waals surface area contributed by atoms with Crippen LogP contribution in [-0.4, -0.2) is 23.5 Å². The fourth-order valence-corrected chi connectivity index (χ4v) is 3.29. The van der Waals surface area contributed by atoms with Crippen LogP contribution < -0.4 is 15.5 Å². The van der Waals surface area contributed by atoms with Crippen molar-refractivity contribution in [3.8, 4) is 0 Å². The van der Waals surface area contributed by atoms with E-state index in [-0.39, 0.29) is 16.9 Å². The number of nitrogens with zero attached hydrogens (tertiary/aromatic N) is 1. The van der Waals surface area contributed by atoms with E-state index in [9.17, 15) is 9.59 Å². The van der Waals surface area contributed by atoms with Crippen molar-refractivity contribution in [3.05, 3.63) is 102 Å². The third-order valence-corrected chi connectivity index (χ3v) is 4.96.